The Balaban J connectivity index is 1.63. The second-order valence-corrected chi connectivity index (χ2v) is 8.34. The maximum absolute atomic E-state index is 15.4. The Morgan fingerprint density at radius 3 is 2.58 bits per heavy atom. The van der Waals surface area contributed by atoms with E-state index in [1.807, 2.05) is 0 Å². The highest BCUT2D eigenvalue weighted by Gasteiger charge is 2.29. The van der Waals surface area contributed by atoms with Gasteiger partial charge in [0.2, 0.25) is 5.43 Å². The van der Waals surface area contributed by atoms with Crippen LogP contribution in [0.15, 0.2) is 59.8 Å². The number of phenolic OH excluding ortho intramolecular Hbond substituents is 1. The summed E-state index contributed by atoms with van der Waals surface area (Å²) >= 11 is 0. The molecule has 0 bridgehead atoms. The van der Waals surface area contributed by atoms with E-state index in [2.05, 4.69) is 9.97 Å². The maximum Gasteiger partial charge on any atom is 0.341 e. The first-order chi connectivity index (χ1) is 17.3. The summed E-state index contributed by atoms with van der Waals surface area (Å²) in [6.07, 6.45) is 5.57. The van der Waals surface area contributed by atoms with Crippen molar-refractivity contribution in [3.8, 4) is 17.4 Å². The molecule has 1 atom stereocenters. The second kappa shape index (κ2) is 9.25. The minimum absolute atomic E-state index is 0.111. The number of halogens is 2. The van der Waals surface area contributed by atoms with Gasteiger partial charge in [-0.2, -0.15) is 0 Å². The van der Waals surface area contributed by atoms with E-state index in [0.717, 1.165) is 24.8 Å². The lowest BCUT2D eigenvalue weighted by molar-refractivity contribution is 0.0695. The van der Waals surface area contributed by atoms with Crippen molar-refractivity contribution in [3.63, 3.8) is 0 Å². The van der Waals surface area contributed by atoms with E-state index >= 15 is 4.39 Å². The zero-order chi connectivity index (χ0) is 25.4. The smallest absolute Gasteiger partial charge is 0.341 e. The number of nitrogens with zero attached hydrogens (tertiary/aromatic N) is 4. The lowest BCUT2D eigenvalue weighted by Crippen LogP contribution is -2.35. The van der Waals surface area contributed by atoms with Gasteiger partial charge in [0.15, 0.2) is 5.82 Å². The predicted octanol–water partition coefficient (Wildman–Crippen LogP) is 3.51. The number of pyridine rings is 1. The Morgan fingerprint density at radius 1 is 1.11 bits per heavy atom. The number of phenols is 1. The van der Waals surface area contributed by atoms with E-state index in [1.165, 1.54) is 22.8 Å². The number of ether oxygens (including phenoxy) is 1. The topological polar surface area (TPSA) is 118 Å². The quantitative estimate of drug-likeness (QED) is 0.418. The van der Waals surface area contributed by atoms with Gasteiger partial charge in [-0.3, -0.25) is 4.79 Å². The number of hydrogen-bond acceptors (Lipinski definition) is 7. The molecule has 36 heavy (non-hydrogen) atoms. The predicted molar refractivity (Wildman–Crippen MR) is 126 cm³/mol. The van der Waals surface area contributed by atoms with E-state index in [9.17, 15) is 24.2 Å². The van der Waals surface area contributed by atoms with Crippen molar-refractivity contribution in [3.05, 3.63) is 82.4 Å². The van der Waals surface area contributed by atoms with Crippen molar-refractivity contribution in [2.75, 3.05) is 18.1 Å². The molecule has 1 fully saturated rings. The van der Waals surface area contributed by atoms with Crippen molar-refractivity contribution in [2.24, 2.45) is 0 Å². The molecule has 1 aliphatic rings. The number of rotatable bonds is 6. The van der Waals surface area contributed by atoms with Crippen molar-refractivity contribution < 1.29 is 28.5 Å². The van der Waals surface area contributed by atoms with Crippen LogP contribution in [0.1, 0.15) is 23.2 Å². The van der Waals surface area contributed by atoms with Crippen LogP contribution >= 0.6 is 0 Å². The normalized spacial score (nSPS) is 15.4. The molecular weight excluding hydrogens is 474 g/mol. The van der Waals surface area contributed by atoms with Gasteiger partial charge >= 0.3 is 12.0 Å². The summed E-state index contributed by atoms with van der Waals surface area (Å²) in [7, 11) is 0. The van der Waals surface area contributed by atoms with Gasteiger partial charge < -0.3 is 24.4 Å². The van der Waals surface area contributed by atoms with Gasteiger partial charge in [0, 0.05) is 36.6 Å². The number of anilines is 1. The molecule has 9 nitrogen and oxygen atoms in total. The van der Waals surface area contributed by atoms with Crippen LogP contribution in [0.3, 0.4) is 0 Å². The first-order valence-corrected chi connectivity index (χ1v) is 11.1. The van der Waals surface area contributed by atoms with E-state index < -0.39 is 28.6 Å². The van der Waals surface area contributed by atoms with Crippen LogP contribution in [-0.2, 0) is 0 Å². The SMILES string of the molecule is O=C(O)c1cn(-c2ccc(O)cc2F)c2cc(N3CCCC3COc3ncccn3)c(F)cc2c1=O. The number of fused-ring (bicyclic) bond motifs is 1. The summed E-state index contributed by atoms with van der Waals surface area (Å²) in [5.74, 6) is -3.42. The van der Waals surface area contributed by atoms with Crippen molar-refractivity contribution in [2.45, 2.75) is 18.9 Å². The van der Waals surface area contributed by atoms with Gasteiger partial charge in [-0.05, 0) is 43.2 Å². The monoisotopic (exact) mass is 494 g/mol. The fourth-order valence-electron chi connectivity index (χ4n) is 4.45. The molecule has 2 aromatic carbocycles. The number of hydrogen-bond donors (Lipinski definition) is 2. The Kier molecular flexibility index (Phi) is 5.96. The standard InChI is InChI=1S/C25H20F2N4O5/c26-18-9-15(32)4-5-20(18)31-12-17(24(34)35)23(33)16-10-19(27)22(11-21(16)31)30-8-1-3-14(30)13-36-25-28-6-2-7-29-25/h2,4-7,9-12,14,32H,1,3,8,13H2,(H,34,35). The minimum Gasteiger partial charge on any atom is -0.508 e. The van der Waals surface area contributed by atoms with Crippen LogP contribution in [0.4, 0.5) is 14.5 Å². The Bertz CT molecular complexity index is 1530. The van der Waals surface area contributed by atoms with Crippen LogP contribution in [0.5, 0.6) is 11.8 Å². The van der Waals surface area contributed by atoms with Gasteiger partial charge in [0.1, 0.15) is 23.7 Å². The summed E-state index contributed by atoms with van der Waals surface area (Å²) in [5.41, 5.74) is -1.36. The summed E-state index contributed by atoms with van der Waals surface area (Å²) in [4.78, 5) is 34.4. The molecule has 0 saturated carbocycles. The molecule has 3 heterocycles. The molecule has 4 aromatic rings. The number of aromatic carboxylic acids is 1. The number of aromatic nitrogens is 3. The van der Waals surface area contributed by atoms with Crippen molar-refractivity contribution in [1.29, 1.82) is 0 Å². The first kappa shape index (κ1) is 23.2. The third-order valence-electron chi connectivity index (χ3n) is 6.13. The number of aromatic hydroxyl groups is 1. The molecule has 0 radical (unpaired) electrons. The Hall–Kier alpha value is -4.54. The zero-order valence-corrected chi connectivity index (χ0v) is 18.8. The second-order valence-electron chi connectivity index (χ2n) is 8.34. The molecule has 1 aliphatic heterocycles. The largest absolute Gasteiger partial charge is 0.508 e. The fourth-order valence-corrected chi connectivity index (χ4v) is 4.45. The molecule has 11 heteroatoms. The highest BCUT2D eigenvalue weighted by atomic mass is 19.1. The zero-order valence-electron chi connectivity index (χ0n) is 18.8. The average molecular weight is 494 g/mol. The van der Waals surface area contributed by atoms with E-state index in [4.69, 9.17) is 4.74 Å². The molecule has 2 aromatic heterocycles. The third kappa shape index (κ3) is 4.19. The van der Waals surface area contributed by atoms with Crippen LogP contribution in [0.25, 0.3) is 16.6 Å². The van der Waals surface area contributed by atoms with Gasteiger partial charge in [0.25, 0.3) is 0 Å². The highest BCUT2D eigenvalue weighted by molar-refractivity contribution is 5.94. The van der Waals surface area contributed by atoms with E-state index in [1.54, 1.807) is 23.4 Å². The van der Waals surface area contributed by atoms with Gasteiger partial charge in [-0.25, -0.2) is 23.5 Å². The first-order valence-electron chi connectivity index (χ1n) is 11.1. The summed E-state index contributed by atoms with van der Waals surface area (Å²) in [6, 6.07) is 7.36. The van der Waals surface area contributed by atoms with Crippen LogP contribution in [0, 0.1) is 11.6 Å². The van der Waals surface area contributed by atoms with Gasteiger partial charge in [0.05, 0.1) is 22.9 Å². The van der Waals surface area contributed by atoms with Crippen molar-refractivity contribution >= 4 is 22.6 Å². The van der Waals surface area contributed by atoms with E-state index in [-0.39, 0.29) is 46.7 Å². The van der Waals surface area contributed by atoms with Gasteiger partial charge in [-0.15, -0.1) is 0 Å². The molecule has 1 saturated heterocycles. The summed E-state index contributed by atoms with van der Waals surface area (Å²) in [6.45, 7) is 0.704. The fraction of sp³-hybridized carbons (Fsp3) is 0.200. The number of carbonyl (C=O) groups is 1. The summed E-state index contributed by atoms with van der Waals surface area (Å²) < 4.78 is 37.0. The number of carboxylic acid groups (broad SMARTS) is 1. The Morgan fingerprint density at radius 2 is 1.86 bits per heavy atom. The molecule has 0 amide bonds. The number of carboxylic acids is 1. The van der Waals surface area contributed by atoms with Crippen molar-refractivity contribution in [1.82, 2.24) is 14.5 Å². The lowest BCUT2D eigenvalue weighted by Gasteiger charge is -2.27. The molecule has 0 spiro atoms. The number of benzene rings is 2. The minimum atomic E-state index is -1.53. The molecule has 0 aliphatic carbocycles. The lowest BCUT2D eigenvalue weighted by atomic mass is 10.1. The van der Waals surface area contributed by atoms with Gasteiger partial charge in [-0.1, -0.05) is 0 Å². The van der Waals surface area contributed by atoms with Crippen LogP contribution < -0.4 is 15.1 Å². The molecule has 5 rings (SSSR count). The molecule has 184 valence electrons. The molecular formula is C25H20F2N4O5. The third-order valence-corrected chi connectivity index (χ3v) is 6.13. The average Bonchev–Trinajstić information content (AvgIpc) is 3.32. The van der Waals surface area contributed by atoms with Crippen LogP contribution in [-0.4, -0.2) is 49.9 Å². The Labute approximate surface area is 202 Å². The molecule has 1 unspecified atom stereocenters. The molecule has 2 N–H and O–H groups in total. The summed E-state index contributed by atoms with van der Waals surface area (Å²) in [5, 5.41) is 18.9. The van der Waals surface area contributed by atoms with E-state index in [0.29, 0.717) is 13.0 Å². The van der Waals surface area contributed by atoms with Crippen LogP contribution in [0.2, 0.25) is 0 Å². The maximum atomic E-state index is 15.4. The highest BCUT2D eigenvalue weighted by Crippen LogP contribution is 2.32.